The molecule has 0 saturated carbocycles. The van der Waals surface area contributed by atoms with Crippen molar-refractivity contribution in [3.63, 3.8) is 0 Å². The predicted octanol–water partition coefficient (Wildman–Crippen LogP) is 1.10. The average Bonchev–Trinajstić information content (AvgIpc) is 2.46. The van der Waals surface area contributed by atoms with Gasteiger partial charge in [-0.25, -0.2) is 4.79 Å². The van der Waals surface area contributed by atoms with Crippen LogP contribution < -0.4 is 5.32 Å². The number of hydrogen-bond donors (Lipinski definition) is 3. The lowest BCUT2D eigenvalue weighted by Crippen LogP contribution is -2.18. The predicted molar refractivity (Wildman–Crippen MR) is 73.0 cm³/mol. The Morgan fingerprint density at radius 3 is 2.68 bits per heavy atom. The van der Waals surface area contributed by atoms with E-state index in [0.717, 1.165) is 7.11 Å². The second-order valence-corrected chi connectivity index (χ2v) is 3.54. The molecule has 0 aliphatic heterocycles. The van der Waals surface area contributed by atoms with Crippen LogP contribution in [0.25, 0.3) is 0 Å². The number of carbonyl (C=O) groups is 2. The fraction of sp³-hybridized carbons (Fsp3) is 0.250. The van der Waals surface area contributed by atoms with Crippen molar-refractivity contribution in [3.05, 3.63) is 28.8 Å². The second kappa shape index (κ2) is 9.07. The summed E-state index contributed by atoms with van der Waals surface area (Å²) in [5, 5.41) is 17.8. The molecule has 0 fully saturated rings. The Kier molecular flexibility index (Phi) is 8.15. The molecule has 0 unspecified atom stereocenters. The Hall–Kier alpha value is -1.92. The van der Waals surface area contributed by atoms with Gasteiger partial charge >= 0.3 is 5.97 Å². The average molecular weight is 287 g/mol. The van der Waals surface area contributed by atoms with Crippen LogP contribution in [-0.2, 0) is 14.3 Å². The summed E-state index contributed by atoms with van der Waals surface area (Å²) in [7, 11) is 2.19. The number of anilines is 1. The van der Waals surface area contributed by atoms with Crippen LogP contribution in [0.4, 0.5) is 5.69 Å². The molecule has 0 saturated heterocycles. The third-order valence-electron chi connectivity index (χ3n) is 2.02. The van der Waals surface area contributed by atoms with E-state index in [1.54, 1.807) is 12.1 Å². The maximum absolute atomic E-state index is 11.3. The molecular formula is C12H15ClN2O4. The Morgan fingerprint density at radius 1 is 1.53 bits per heavy atom. The molecule has 0 atom stereocenters. The number of ether oxygens (including phenoxy) is 1. The maximum Gasteiger partial charge on any atom is 0.356 e. The van der Waals surface area contributed by atoms with E-state index in [9.17, 15) is 9.59 Å². The Balaban J connectivity index is 0.00000154. The van der Waals surface area contributed by atoms with Crippen LogP contribution in [0.2, 0.25) is 5.02 Å². The molecule has 0 spiro atoms. The second-order valence-electron chi connectivity index (χ2n) is 3.10. The number of nitrogens with one attached hydrogen (secondary N) is 2. The Bertz CT molecular complexity index is 463. The highest BCUT2D eigenvalue weighted by Gasteiger charge is 2.16. The highest BCUT2D eigenvalue weighted by Crippen LogP contribution is 2.21. The summed E-state index contributed by atoms with van der Waals surface area (Å²) in [6.07, 6.45) is 0.681. The van der Waals surface area contributed by atoms with E-state index in [4.69, 9.17) is 22.1 Å². The lowest BCUT2D eigenvalue weighted by molar-refractivity contribution is -0.132. The van der Waals surface area contributed by atoms with Gasteiger partial charge in [-0.15, -0.1) is 0 Å². The van der Waals surface area contributed by atoms with Crippen LogP contribution >= 0.6 is 11.6 Å². The smallest absolute Gasteiger partial charge is 0.356 e. The largest absolute Gasteiger partial charge is 0.464 e. The van der Waals surface area contributed by atoms with Gasteiger partial charge in [0.1, 0.15) is 12.0 Å². The lowest BCUT2D eigenvalue weighted by Gasteiger charge is -2.10. The van der Waals surface area contributed by atoms with Gasteiger partial charge in [0.25, 0.3) is 0 Å². The minimum absolute atomic E-state index is 0.0864. The molecule has 1 aromatic rings. The Morgan fingerprint density at radius 2 is 2.16 bits per heavy atom. The van der Waals surface area contributed by atoms with Crippen molar-refractivity contribution in [2.24, 2.45) is 0 Å². The third-order valence-corrected chi connectivity index (χ3v) is 2.25. The minimum atomic E-state index is -0.763. The van der Waals surface area contributed by atoms with E-state index in [2.05, 4.69) is 10.1 Å². The van der Waals surface area contributed by atoms with Gasteiger partial charge in [0.2, 0.25) is 0 Å². The standard InChI is InChI=1S/C11H11ClN2O3.CH4O/c1-17-11(16)10(13)8-6-7(12)2-3-9(8)14-4-5-15;1-2/h2-3,5-6,13-14H,4H2,1H3;2H,1H3. The summed E-state index contributed by atoms with van der Waals surface area (Å²) >= 11 is 5.80. The molecule has 0 aliphatic rings. The molecule has 3 N–H and O–H groups in total. The highest BCUT2D eigenvalue weighted by atomic mass is 35.5. The topological polar surface area (TPSA) is 99.5 Å². The fourth-order valence-electron chi connectivity index (χ4n) is 1.24. The lowest BCUT2D eigenvalue weighted by atomic mass is 10.1. The highest BCUT2D eigenvalue weighted by molar-refractivity contribution is 6.43. The quantitative estimate of drug-likeness (QED) is 0.428. The van der Waals surface area contributed by atoms with E-state index < -0.39 is 5.97 Å². The number of benzene rings is 1. The minimum Gasteiger partial charge on any atom is -0.464 e. The number of rotatable bonds is 5. The molecule has 0 aliphatic carbocycles. The molecule has 1 aromatic carbocycles. The third kappa shape index (κ3) is 5.07. The normalized spacial score (nSPS) is 8.84. The van der Waals surface area contributed by atoms with E-state index in [-0.39, 0.29) is 12.3 Å². The molecule has 0 amide bonds. The summed E-state index contributed by atoms with van der Waals surface area (Å²) < 4.78 is 4.46. The number of methoxy groups -OCH3 is 1. The van der Waals surface area contributed by atoms with Crippen molar-refractivity contribution < 1.29 is 19.4 Å². The van der Waals surface area contributed by atoms with Crippen LogP contribution in [0, 0.1) is 5.41 Å². The number of esters is 1. The fourth-order valence-corrected chi connectivity index (χ4v) is 1.41. The number of carbonyl (C=O) groups excluding carboxylic acids is 2. The zero-order chi connectivity index (χ0) is 14.8. The molecule has 0 radical (unpaired) electrons. The van der Waals surface area contributed by atoms with Gasteiger partial charge in [0, 0.05) is 23.4 Å². The van der Waals surface area contributed by atoms with E-state index >= 15 is 0 Å². The zero-order valence-corrected chi connectivity index (χ0v) is 11.3. The van der Waals surface area contributed by atoms with Gasteiger partial charge in [-0.05, 0) is 18.2 Å². The zero-order valence-electron chi connectivity index (χ0n) is 10.6. The van der Waals surface area contributed by atoms with Gasteiger partial charge < -0.3 is 20.0 Å². The van der Waals surface area contributed by atoms with E-state index in [0.29, 0.717) is 22.6 Å². The van der Waals surface area contributed by atoms with Crippen LogP contribution in [-0.4, -0.2) is 43.8 Å². The van der Waals surface area contributed by atoms with Crippen molar-refractivity contribution in [2.75, 3.05) is 26.1 Å². The van der Waals surface area contributed by atoms with Crippen LogP contribution in [0.3, 0.4) is 0 Å². The molecule has 1 rings (SSSR count). The monoisotopic (exact) mass is 286 g/mol. The number of aliphatic hydroxyl groups excluding tert-OH is 1. The SMILES string of the molecule is CO.COC(=O)C(=N)c1cc(Cl)ccc1NCC=O. The molecule has 7 heteroatoms. The summed E-state index contributed by atoms with van der Waals surface area (Å²) in [5.74, 6) is -0.763. The summed E-state index contributed by atoms with van der Waals surface area (Å²) in [5.41, 5.74) is 0.464. The summed E-state index contributed by atoms with van der Waals surface area (Å²) in [4.78, 5) is 21.5. The number of hydrogen-bond acceptors (Lipinski definition) is 6. The molecule has 0 aromatic heterocycles. The number of aliphatic hydroxyl groups is 1. The van der Waals surface area contributed by atoms with Crippen molar-refractivity contribution in [1.82, 2.24) is 0 Å². The summed E-state index contributed by atoms with van der Waals surface area (Å²) in [6.45, 7) is 0.0864. The van der Waals surface area contributed by atoms with Crippen molar-refractivity contribution >= 4 is 35.3 Å². The first kappa shape index (κ1) is 17.1. The van der Waals surface area contributed by atoms with Crippen molar-refractivity contribution in [1.29, 1.82) is 5.41 Å². The van der Waals surface area contributed by atoms with Crippen molar-refractivity contribution in [2.45, 2.75) is 0 Å². The van der Waals surface area contributed by atoms with Gasteiger partial charge in [0.15, 0.2) is 0 Å². The molecule has 6 nitrogen and oxygen atoms in total. The van der Waals surface area contributed by atoms with Gasteiger partial charge in [-0.1, -0.05) is 11.6 Å². The van der Waals surface area contributed by atoms with Crippen LogP contribution in [0.1, 0.15) is 5.56 Å². The maximum atomic E-state index is 11.3. The van der Waals surface area contributed by atoms with Crippen LogP contribution in [0.5, 0.6) is 0 Å². The first-order valence-electron chi connectivity index (χ1n) is 5.19. The van der Waals surface area contributed by atoms with Gasteiger partial charge in [-0.2, -0.15) is 0 Å². The van der Waals surface area contributed by atoms with Gasteiger partial charge in [0.05, 0.1) is 13.7 Å². The molecule has 0 heterocycles. The summed E-state index contributed by atoms with van der Waals surface area (Å²) in [6, 6.07) is 4.66. The molecular weight excluding hydrogens is 272 g/mol. The van der Waals surface area contributed by atoms with Gasteiger partial charge in [-0.3, -0.25) is 5.41 Å². The first-order chi connectivity index (χ1) is 9.10. The number of aldehydes is 1. The van der Waals surface area contributed by atoms with Crippen molar-refractivity contribution in [3.8, 4) is 0 Å². The first-order valence-corrected chi connectivity index (χ1v) is 5.57. The van der Waals surface area contributed by atoms with E-state index in [1.807, 2.05) is 0 Å². The van der Waals surface area contributed by atoms with Crippen LogP contribution in [0.15, 0.2) is 18.2 Å². The molecule has 104 valence electrons. The molecule has 19 heavy (non-hydrogen) atoms. The Labute approximate surface area is 115 Å². The number of halogens is 1. The molecule has 0 bridgehead atoms. The van der Waals surface area contributed by atoms with E-state index in [1.165, 1.54) is 13.2 Å².